The summed E-state index contributed by atoms with van der Waals surface area (Å²) in [6.45, 7) is 2.32. The first-order chi connectivity index (χ1) is 19.4. The third-order valence-electron chi connectivity index (χ3n) is 6.35. The second-order valence-corrected chi connectivity index (χ2v) is 10.2. The van der Waals surface area contributed by atoms with Gasteiger partial charge in [-0.1, -0.05) is 35.6 Å². The maximum atomic E-state index is 14.0. The third kappa shape index (κ3) is 6.63. The van der Waals surface area contributed by atoms with E-state index in [9.17, 15) is 32.3 Å². The topological polar surface area (TPSA) is 97.6 Å². The second-order valence-electron chi connectivity index (χ2n) is 9.19. The first kappa shape index (κ1) is 29.9. The van der Waals surface area contributed by atoms with E-state index < -0.39 is 23.5 Å². The van der Waals surface area contributed by atoms with Crippen LogP contribution in [0.15, 0.2) is 48.5 Å². The van der Waals surface area contributed by atoms with E-state index >= 15 is 0 Å². The van der Waals surface area contributed by atoms with Crippen molar-refractivity contribution in [1.82, 2.24) is 19.7 Å². The van der Waals surface area contributed by atoms with E-state index in [-0.39, 0.29) is 35.1 Å². The number of carbonyl (C=O) groups is 2. The van der Waals surface area contributed by atoms with Gasteiger partial charge in [0.25, 0.3) is 0 Å². The minimum atomic E-state index is -4.52. The second kappa shape index (κ2) is 12.2. The number of thiazole rings is 1. The largest absolute Gasteiger partial charge is 0.476 e. The van der Waals surface area contributed by atoms with Crippen molar-refractivity contribution in [1.29, 1.82) is 0 Å². The van der Waals surface area contributed by atoms with Crippen LogP contribution in [0.25, 0.3) is 27.5 Å². The lowest BCUT2D eigenvalue weighted by Gasteiger charge is -2.16. The van der Waals surface area contributed by atoms with E-state index in [0.29, 0.717) is 40.5 Å². The van der Waals surface area contributed by atoms with Crippen molar-refractivity contribution >= 4 is 23.2 Å². The molecule has 0 unspecified atom stereocenters. The molecule has 0 aliphatic heterocycles. The highest BCUT2D eigenvalue weighted by Gasteiger charge is 2.31. The Morgan fingerprint density at radius 2 is 1.83 bits per heavy atom. The van der Waals surface area contributed by atoms with Crippen molar-refractivity contribution in [2.45, 2.75) is 25.9 Å². The summed E-state index contributed by atoms with van der Waals surface area (Å²) in [5.74, 6) is -2.05. The van der Waals surface area contributed by atoms with E-state index in [4.69, 9.17) is 4.74 Å². The smallest absolute Gasteiger partial charge is 0.416 e. The van der Waals surface area contributed by atoms with Gasteiger partial charge in [-0.3, -0.25) is 4.79 Å². The number of carboxylic acids is 1. The molecule has 13 heteroatoms. The number of aromatic nitrogens is 3. The molecular formula is C28H26F4N4O4S. The lowest BCUT2D eigenvalue weighted by molar-refractivity contribution is -0.137. The maximum absolute atomic E-state index is 14.0. The molecule has 0 saturated carbocycles. The minimum absolute atomic E-state index is 0.0773. The minimum Gasteiger partial charge on any atom is -0.476 e. The van der Waals surface area contributed by atoms with Crippen LogP contribution >= 0.6 is 11.3 Å². The van der Waals surface area contributed by atoms with Crippen LogP contribution in [-0.4, -0.2) is 64.0 Å². The summed E-state index contributed by atoms with van der Waals surface area (Å²) in [5.41, 5.74) is 0.433. The first-order valence-corrected chi connectivity index (χ1v) is 13.2. The molecule has 1 amide bonds. The lowest BCUT2D eigenvalue weighted by Crippen LogP contribution is -2.30. The van der Waals surface area contributed by atoms with E-state index in [1.165, 1.54) is 42.3 Å². The Morgan fingerprint density at radius 1 is 1.12 bits per heavy atom. The molecule has 0 radical (unpaired) electrons. The molecule has 41 heavy (non-hydrogen) atoms. The van der Waals surface area contributed by atoms with Gasteiger partial charge < -0.3 is 14.7 Å². The fourth-order valence-electron chi connectivity index (χ4n) is 4.26. The van der Waals surface area contributed by atoms with Crippen molar-refractivity contribution in [3.05, 3.63) is 76.2 Å². The van der Waals surface area contributed by atoms with Crippen LogP contribution in [0.1, 0.15) is 33.0 Å². The highest BCUT2D eigenvalue weighted by Crippen LogP contribution is 2.37. The average Bonchev–Trinajstić information content (AvgIpc) is 3.51. The molecule has 2 aromatic carbocycles. The van der Waals surface area contributed by atoms with E-state index in [1.807, 2.05) is 0 Å². The zero-order valence-electron chi connectivity index (χ0n) is 22.3. The quantitative estimate of drug-likeness (QED) is 0.232. The van der Waals surface area contributed by atoms with E-state index in [1.54, 1.807) is 20.0 Å². The third-order valence-corrected chi connectivity index (χ3v) is 7.44. The van der Waals surface area contributed by atoms with Gasteiger partial charge in [-0.25, -0.2) is 14.2 Å². The highest BCUT2D eigenvalue weighted by atomic mass is 32.1. The molecule has 0 atom stereocenters. The van der Waals surface area contributed by atoms with Gasteiger partial charge in [0.05, 0.1) is 23.6 Å². The number of aromatic carboxylic acids is 1. The number of amides is 1. The van der Waals surface area contributed by atoms with Crippen LogP contribution in [0.2, 0.25) is 0 Å². The van der Waals surface area contributed by atoms with Crippen molar-refractivity contribution in [2.24, 2.45) is 0 Å². The van der Waals surface area contributed by atoms with Crippen LogP contribution in [0.5, 0.6) is 0 Å². The summed E-state index contributed by atoms with van der Waals surface area (Å²) < 4.78 is 59.6. The Bertz CT molecular complexity index is 1560. The molecule has 0 aliphatic rings. The number of ether oxygens (including phenoxy) is 1. The molecule has 0 spiro atoms. The molecule has 0 saturated heterocycles. The number of benzene rings is 2. The Morgan fingerprint density at radius 3 is 2.44 bits per heavy atom. The van der Waals surface area contributed by atoms with Crippen molar-refractivity contribution in [2.75, 3.05) is 27.3 Å². The summed E-state index contributed by atoms with van der Waals surface area (Å²) in [6.07, 6.45) is -4.25. The standard InChI is InChI=1S/C28H26F4N4O4S/c1-16-23(18-5-4-6-20(29)15-18)25(26(38)39)36(34-16)27-33-24(17-7-9-19(10-8-17)28(30,31)32)21(41-27)11-12-22(37)35(2)13-14-40-3/h4-10,15H,11-14H2,1-3H3,(H,38,39). The molecule has 1 N–H and O–H groups in total. The van der Waals surface area contributed by atoms with E-state index in [0.717, 1.165) is 28.2 Å². The molecular weight excluding hydrogens is 564 g/mol. The van der Waals surface area contributed by atoms with Crippen molar-refractivity contribution in [3.63, 3.8) is 0 Å². The Hall–Kier alpha value is -4.10. The Balaban J connectivity index is 1.79. The fourth-order valence-corrected chi connectivity index (χ4v) is 5.30. The van der Waals surface area contributed by atoms with E-state index in [2.05, 4.69) is 10.1 Å². The summed E-state index contributed by atoms with van der Waals surface area (Å²) >= 11 is 1.07. The molecule has 0 aliphatic carbocycles. The number of halogens is 4. The maximum Gasteiger partial charge on any atom is 0.416 e. The fraction of sp³-hybridized carbons (Fsp3) is 0.286. The van der Waals surface area contributed by atoms with Gasteiger partial charge in [-0.15, -0.1) is 0 Å². The zero-order chi connectivity index (χ0) is 29.9. The number of rotatable bonds is 10. The van der Waals surface area contributed by atoms with Gasteiger partial charge in [0.2, 0.25) is 11.0 Å². The zero-order valence-corrected chi connectivity index (χ0v) is 23.1. The van der Waals surface area contributed by atoms with Gasteiger partial charge in [-0.05, 0) is 43.2 Å². The van der Waals surface area contributed by atoms with Gasteiger partial charge in [0.15, 0.2) is 5.69 Å². The molecule has 2 heterocycles. The molecule has 0 bridgehead atoms. The summed E-state index contributed by atoms with van der Waals surface area (Å²) in [4.78, 5) is 31.7. The predicted molar refractivity (Wildman–Crippen MR) is 145 cm³/mol. The number of likely N-dealkylation sites (N-methyl/N-ethyl adjacent to an activating group) is 1. The molecule has 216 valence electrons. The Kier molecular flexibility index (Phi) is 8.88. The van der Waals surface area contributed by atoms with Gasteiger partial charge in [0.1, 0.15) is 5.82 Å². The van der Waals surface area contributed by atoms with Crippen LogP contribution in [0.4, 0.5) is 17.6 Å². The van der Waals surface area contributed by atoms with Crippen LogP contribution in [0.3, 0.4) is 0 Å². The van der Waals surface area contributed by atoms with Crippen LogP contribution < -0.4 is 0 Å². The normalized spacial score (nSPS) is 11.6. The number of carboxylic acid groups (broad SMARTS) is 1. The van der Waals surface area contributed by atoms with Gasteiger partial charge >= 0.3 is 12.1 Å². The number of methoxy groups -OCH3 is 1. The summed E-state index contributed by atoms with van der Waals surface area (Å²) in [6, 6.07) is 9.89. The molecule has 0 fully saturated rings. The summed E-state index contributed by atoms with van der Waals surface area (Å²) in [7, 11) is 3.16. The van der Waals surface area contributed by atoms with Crippen LogP contribution in [0, 0.1) is 12.7 Å². The van der Waals surface area contributed by atoms with Crippen LogP contribution in [-0.2, 0) is 22.1 Å². The number of carbonyl (C=O) groups excluding carboxylic acids is 1. The number of nitrogens with zero attached hydrogens (tertiary/aromatic N) is 4. The number of alkyl halides is 3. The van der Waals surface area contributed by atoms with Crippen molar-refractivity contribution < 1.29 is 37.0 Å². The molecule has 2 aromatic heterocycles. The van der Waals surface area contributed by atoms with Gasteiger partial charge in [0, 0.05) is 43.1 Å². The molecule has 4 rings (SSSR count). The number of hydrogen-bond donors (Lipinski definition) is 1. The predicted octanol–water partition coefficient (Wildman–Crippen LogP) is 5.86. The SMILES string of the molecule is COCCN(C)C(=O)CCc1sc(-n2nc(C)c(-c3cccc(F)c3)c2C(=O)O)nc1-c1ccc(C(F)(F)F)cc1. The number of hydrogen-bond acceptors (Lipinski definition) is 6. The summed E-state index contributed by atoms with van der Waals surface area (Å²) in [5, 5.41) is 14.6. The monoisotopic (exact) mass is 590 g/mol. The Labute approximate surface area is 236 Å². The molecule has 8 nitrogen and oxygen atoms in total. The molecule has 4 aromatic rings. The van der Waals surface area contributed by atoms with Gasteiger partial charge in [-0.2, -0.15) is 23.0 Å². The lowest BCUT2D eigenvalue weighted by atomic mass is 10.0. The first-order valence-electron chi connectivity index (χ1n) is 12.4. The van der Waals surface area contributed by atoms with Crippen molar-refractivity contribution in [3.8, 4) is 27.5 Å². The average molecular weight is 591 g/mol. The highest BCUT2D eigenvalue weighted by molar-refractivity contribution is 7.14. The number of aryl methyl sites for hydroxylation is 2.